The summed E-state index contributed by atoms with van der Waals surface area (Å²) in [5.74, 6) is -0.514. The third kappa shape index (κ3) is 7.47. The maximum atomic E-state index is 14.2. The predicted molar refractivity (Wildman–Crippen MR) is 183 cm³/mol. The summed E-state index contributed by atoms with van der Waals surface area (Å²) in [7, 11) is 0. The average Bonchev–Trinajstić information content (AvgIpc) is 3.69. The van der Waals surface area contributed by atoms with Gasteiger partial charge in [0, 0.05) is 32.1 Å². The summed E-state index contributed by atoms with van der Waals surface area (Å²) in [5.41, 5.74) is 3.80. The van der Waals surface area contributed by atoms with Gasteiger partial charge in [-0.05, 0) is 22.3 Å². The number of hydroxylamine groups is 6. The number of benzene rings is 4. The molecule has 0 aromatic heterocycles. The minimum Gasteiger partial charge on any atom is -0.632 e. The average molecular weight is 633 g/mol. The van der Waals surface area contributed by atoms with Crippen molar-refractivity contribution in [2.45, 2.75) is 56.3 Å². The molecule has 0 spiro atoms. The highest BCUT2D eigenvalue weighted by atomic mass is 16.6. The number of carbonyl (C=O) groups excluding carboxylic acids is 2. The van der Waals surface area contributed by atoms with Gasteiger partial charge in [-0.2, -0.15) is 0 Å². The van der Waals surface area contributed by atoms with E-state index in [2.05, 4.69) is 10.6 Å². The molecule has 4 aromatic carbocycles. The first-order valence-electron chi connectivity index (χ1n) is 16.8. The Morgan fingerprint density at radius 3 is 1.15 bits per heavy atom. The van der Waals surface area contributed by atoms with Crippen molar-refractivity contribution in [2.75, 3.05) is 26.2 Å². The van der Waals surface area contributed by atoms with Gasteiger partial charge >= 0.3 is 0 Å². The van der Waals surface area contributed by atoms with Crippen LogP contribution < -0.4 is 10.6 Å². The minimum absolute atomic E-state index is 0.173. The third-order valence-corrected chi connectivity index (χ3v) is 9.95. The molecule has 47 heavy (non-hydrogen) atoms. The Morgan fingerprint density at radius 2 is 0.851 bits per heavy atom. The van der Waals surface area contributed by atoms with E-state index < -0.39 is 21.4 Å². The van der Waals surface area contributed by atoms with Gasteiger partial charge in [0.15, 0.2) is 12.1 Å². The Bertz CT molecular complexity index is 1410. The van der Waals surface area contributed by atoms with Crippen LogP contribution in [0.4, 0.5) is 0 Å². The van der Waals surface area contributed by atoms with Crippen molar-refractivity contribution in [3.05, 3.63) is 154 Å². The maximum Gasteiger partial charge on any atom is 0.279 e. The van der Waals surface area contributed by atoms with Crippen molar-refractivity contribution in [1.82, 2.24) is 10.6 Å². The summed E-state index contributed by atoms with van der Waals surface area (Å²) in [6, 6.07) is 36.9. The molecule has 244 valence electrons. The first-order valence-corrected chi connectivity index (χ1v) is 16.8. The van der Waals surface area contributed by atoms with Gasteiger partial charge < -0.3 is 30.3 Å². The number of hydrogen-bond acceptors (Lipinski definition) is 4. The van der Waals surface area contributed by atoms with Crippen molar-refractivity contribution in [1.29, 1.82) is 0 Å². The van der Waals surface area contributed by atoms with Crippen LogP contribution in [-0.2, 0) is 9.59 Å². The van der Waals surface area contributed by atoms with Crippen LogP contribution in [0.15, 0.2) is 121 Å². The monoisotopic (exact) mass is 632 g/mol. The summed E-state index contributed by atoms with van der Waals surface area (Å²) in [6.07, 6.45) is 2.68. The molecule has 2 unspecified atom stereocenters. The largest absolute Gasteiger partial charge is 0.632 e. The number of quaternary nitrogens is 2. The van der Waals surface area contributed by atoms with Crippen molar-refractivity contribution in [3.63, 3.8) is 0 Å². The number of nitrogens with one attached hydrogen (secondary N) is 2. The number of likely N-dealkylation sites (tertiary alicyclic amines) is 2. The molecule has 2 heterocycles. The zero-order valence-corrected chi connectivity index (χ0v) is 26.7. The SMILES string of the molecule is O=C(NC(c1ccccc1)c1ccccc1)[C@@H]1CCC[N+]1([O-])CCC[N+]1([O-])CCC[C@H]1C(=O)NC(c1ccccc1)c1ccccc1. The van der Waals surface area contributed by atoms with Crippen LogP contribution in [0.1, 0.15) is 66.4 Å². The normalized spacial score (nSPS) is 24.0. The highest BCUT2D eigenvalue weighted by Crippen LogP contribution is 2.32. The fraction of sp³-hybridized carbons (Fsp3) is 0.333. The predicted octanol–water partition coefficient (Wildman–Crippen LogP) is 6.14. The van der Waals surface area contributed by atoms with E-state index in [0.29, 0.717) is 45.2 Å². The molecule has 0 radical (unpaired) electrons. The Kier molecular flexibility index (Phi) is 10.1. The molecule has 8 nitrogen and oxygen atoms in total. The molecule has 2 aliphatic heterocycles. The molecule has 2 saturated heterocycles. The topological polar surface area (TPSA) is 104 Å². The summed E-state index contributed by atoms with van der Waals surface area (Å²) >= 11 is 0. The molecule has 0 saturated carbocycles. The molecule has 6 rings (SSSR count). The lowest BCUT2D eigenvalue weighted by atomic mass is 9.98. The molecule has 2 fully saturated rings. The molecule has 2 aliphatic rings. The molecular formula is C39H44N4O4. The maximum absolute atomic E-state index is 14.2. The van der Waals surface area contributed by atoms with Gasteiger partial charge in [0.05, 0.1) is 38.3 Å². The van der Waals surface area contributed by atoms with E-state index in [-0.39, 0.29) is 37.0 Å². The van der Waals surface area contributed by atoms with E-state index in [0.717, 1.165) is 22.3 Å². The van der Waals surface area contributed by atoms with Crippen molar-refractivity contribution >= 4 is 11.8 Å². The molecule has 0 bridgehead atoms. The van der Waals surface area contributed by atoms with E-state index >= 15 is 0 Å². The molecule has 0 aliphatic carbocycles. The molecule has 2 amide bonds. The Labute approximate surface area is 277 Å². The number of carbonyl (C=O) groups is 2. The molecule has 4 aromatic rings. The quantitative estimate of drug-likeness (QED) is 0.145. The summed E-state index contributed by atoms with van der Waals surface area (Å²) in [4.78, 5) is 27.5. The van der Waals surface area contributed by atoms with Gasteiger partial charge in [-0.1, -0.05) is 121 Å². The smallest absolute Gasteiger partial charge is 0.279 e. The van der Waals surface area contributed by atoms with Crippen molar-refractivity contribution < 1.29 is 18.9 Å². The molecule has 4 atom stereocenters. The van der Waals surface area contributed by atoms with E-state index in [9.17, 15) is 20.0 Å². The first kappa shape index (κ1) is 32.6. The lowest BCUT2D eigenvalue weighted by molar-refractivity contribution is -0.902. The van der Waals surface area contributed by atoms with Crippen LogP contribution in [-0.4, -0.2) is 59.4 Å². The Balaban J connectivity index is 1.11. The molecule has 8 heteroatoms. The van der Waals surface area contributed by atoms with Gasteiger partial charge in [-0.3, -0.25) is 9.59 Å². The minimum atomic E-state index is -0.736. The van der Waals surface area contributed by atoms with Crippen LogP contribution in [0.25, 0.3) is 0 Å². The Morgan fingerprint density at radius 1 is 0.553 bits per heavy atom. The van der Waals surface area contributed by atoms with Crippen LogP contribution in [0.3, 0.4) is 0 Å². The Hall–Kier alpha value is -4.34. The summed E-state index contributed by atoms with van der Waals surface area (Å²) in [6.45, 7) is 1.04. The zero-order chi connectivity index (χ0) is 32.7. The van der Waals surface area contributed by atoms with Gasteiger partial charge in [-0.15, -0.1) is 0 Å². The second-order valence-corrected chi connectivity index (χ2v) is 13.0. The van der Waals surface area contributed by atoms with Crippen LogP contribution >= 0.6 is 0 Å². The molecular weight excluding hydrogens is 588 g/mol. The highest BCUT2D eigenvalue weighted by molar-refractivity contribution is 5.82. The van der Waals surface area contributed by atoms with Gasteiger partial charge in [0.25, 0.3) is 11.8 Å². The summed E-state index contributed by atoms with van der Waals surface area (Å²) < 4.78 is -1.27. The second-order valence-electron chi connectivity index (χ2n) is 13.0. The standard InChI is InChI=1S/C39H44N4O4/c44-38(40-36(30-16-5-1-6-17-30)31-18-7-2-8-19-31)34-24-13-26-42(34,46)28-15-29-43(47)27-14-25-35(43)39(45)41-37(32-20-9-3-10-21-32)33-22-11-4-12-23-33/h1-12,16-23,34-37H,13-15,24-29H2,(H,40,44)(H,41,45)/t34-,35-,42?,43?/m0/s1. The third-order valence-electron chi connectivity index (χ3n) is 9.95. The first-order chi connectivity index (χ1) is 22.9. The van der Waals surface area contributed by atoms with E-state index in [1.165, 1.54) is 0 Å². The highest BCUT2D eigenvalue weighted by Gasteiger charge is 2.43. The van der Waals surface area contributed by atoms with E-state index in [4.69, 9.17) is 0 Å². The van der Waals surface area contributed by atoms with Crippen LogP contribution in [0, 0.1) is 10.4 Å². The van der Waals surface area contributed by atoms with Crippen molar-refractivity contribution in [2.24, 2.45) is 0 Å². The second kappa shape index (κ2) is 14.6. The fourth-order valence-corrected chi connectivity index (χ4v) is 7.49. The van der Waals surface area contributed by atoms with E-state index in [1.807, 2.05) is 121 Å². The molecule has 2 N–H and O–H groups in total. The fourth-order valence-electron chi connectivity index (χ4n) is 7.49. The number of hydrogen-bond donors (Lipinski definition) is 2. The zero-order valence-electron chi connectivity index (χ0n) is 26.7. The van der Waals surface area contributed by atoms with Crippen molar-refractivity contribution in [3.8, 4) is 0 Å². The van der Waals surface area contributed by atoms with Gasteiger partial charge in [0.2, 0.25) is 0 Å². The number of nitrogens with zero attached hydrogens (tertiary/aromatic N) is 2. The van der Waals surface area contributed by atoms with Crippen LogP contribution in [0.2, 0.25) is 0 Å². The van der Waals surface area contributed by atoms with E-state index in [1.54, 1.807) is 0 Å². The lowest BCUT2D eigenvalue weighted by Crippen LogP contribution is -2.57. The number of rotatable bonds is 12. The lowest BCUT2D eigenvalue weighted by Gasteiger charge is -2.47. The summed E-state index contributed by atoms with van der Waals surface area (Å²) in [5, 5.41) is 34.7. The van der Waals surface area contributed by atoms with Gasteiger partial charge in [0.1, 0.15) is 0 Å². The number of amides is 2. The van der Waals surface area contributed by atoms with Crippen LogP contribution in [0.5, 0.6) is 0 Å². The van der Waals surface area contributed by atoms with Gasteiger partial charge in [-0.25, -0.2) is 0 Å².